The predicted molar refractivity (Wildman–Crippen MR) is 118 cm³/mol. The van der Waals surface area contributed by atoms with Gasteiger partial charge >= 0.3 is 11.9 Å². The Morgan fingerprint density at radius 3 is 2.63 bits per heavy atom. The lowest BCUT2D eigenvalue weighted by Crippen LogP contribution is -2.53. The summed E-state index contributed by atoms with van der Waals surface area (Å²) in [6.45, 7) is -0.0619. The normalized spacial score (nSPS) is 24.4. The van der Waals surface area contributed by atoms with Crippen molar-refractivity contribution in [2.24, 2.45) is 5.92 Å². The second kappa shape index (κ2) is 11.2. The van der Waals surface area contributed by atoms with Crippen molar-refractivity contribution in [3.8, 4) is 0 Å². The van der Waals surface area contributed by atoms with Crippen LogP contribution in [0.4, 0.5) is 0 Å². The van der Waals surface area contributed by atoms with E-state index in [1.807, 2.05) is 17.5 Å². The van der Waals surface area contributed by atoms with Crippen molar-refractivity contribution in [1.29, 1.82) is 0 Å². The van der Waals surface area contributed by atoms with Gasteiger partial charge in [0.1, 0.15) is 12.6 Å². The first-order chi connectivity index (χ1) is 14.4. The minimum absolute atomic E-state index is 0.00869. The summed E-state index contributed by atoms with van der Waals surface area (Å²) < 4.78 is 0. The Bertz CT molecular complexity index is 721. The van der Waals surface area contributed by atoms with Crippen LogP contribution in [0.25, 0.3) is 0 Å². The molecule has 0 radical (unpaired) electrons. The van der Waals surface area contributed by atoms with Crippen molar-refractivity contribution < 1.29 is 24.6 Å². The summed E-state index contributed by atoms with van der Waals surface area (Å²) in [6, 6.07) is 2.43. The summed E-state index contributed by atoms with van der Waals surface area (Å²) in [7, 11) is 0. The Morgan fingerprint density at radius 2 is 2.00 bits per heavy atom. The van der Waals surface area contributed by atoms with E-state index >= 15 is 0 Å². The van der Waals surface area contributed by atoms with Crippen LogP contribution in [0.3, 0.4) is 0 Å². The van der Waals surface area contributed by atoms with Gasteiger partial charge in [0, 0.05) is 17.2 Å². The molecule has 1 aromatic heterocycles. The molecule has 1 aliphatic heterocycles. The van der Waals surface area contributed by atoms with Crippen LogP contribution in [0.2, 0.25) is 0 Å². The molecule has 0 bridgehead atoms. The summed E-state index contributed by atoms with van der Waals surface area (Å²) in [6.07, 6.45) is 7.31. The van der Waals surface area contributed by atoms with E-state index in [1.54, 1.807) is 23.1 Å². The summed E-state index contributed by atoms with van der Waals surface area (Å²) in [5.41, 5.74) is 0. The van der Waals surface area contributed by atoms with Crippen molar-refractivity contribution >= 4 is 40.9 Å². The predicted octanol–water partition coefficient (Wildman–Crippen LogP) is 3.22. The largest absolute Gasteiger partial charge is 0.480 e. The highest BCUT2D eigenvalue weighted by molar-refractivity contribution is 7.99. The van der Waals surface area contributed by atoms with Gasteiger partial charge in [0.2, 0.25) is 5.91 Å². The van der Waals surface area contributed by atoms with Gasteiger partial charge in [-0.3, -0.25) is 19.7 Å². The Balaban J connectivity index is 1.67. The molecule has 0 spiro atoms. The average molecular weight is 455 g/mol. The summed E-state index contributed by atoms with van der Waals surface area (Å²) in [5, 5.41) is 24.0. The van der Waals surface area contributed by atoms with Crippen LogP contribution in [0.15, 0.2) is 17.5 Å². The topological polar surface area (TPSA) is 107 Å². The molecule has 2 aliphatic rings. The SMILES string of the molecule is O=C(O)CN1CC(c2cccs2)SCC(NC(CCC2CCCCC2)C(=O)O)C1=O. The third-order valence-electron chi connectivity index (χ3n) is 5.94. The van der Waals surface area contributed by atoms with Gasteiger partial charge in [-0.15, -0.1) is 23.1 Å². The number of rotatable bonds is 9. The van der Waals surface area contributed by atoms with Crippen LogP contribution in [0, 0.1) is 5.92 Å². The van der Waals surface area contributed by atoms with E-state index in [9.17, 15) is 24.6 Å². The molecule has 1 aliphatic carbocycles. The maximum Gasteiger partial charge on any atom is 0.323 e. The number of carboxylic acids is 2. The number of aliphatic carboxylic acids is 2. The van der Waals surface area contributed by atoms with E-state index in [0.29, 0.717) is 24.6 Å². The zero-order chi connectivity index (χ0) is 21.5. The number of thioether (sulfide) groups is 1. The molecule has 3 atom stereocenters. The second-order valence-electron chi connectivity index (χ2n) is 8.14. The smallest absolute Gasteiger partial charge is 0.323 e. The maximum atomic E-state index is 13.1. The fraction of sp³-hybridized carbons (Fsp3) is 0.667. The molecule has 2 fully saturated rings. The quantitative estimate of drug-likeness (QED) is 0.526. The van der Waals surface area contributed by atoms with Crippen molar-refractivity contribution in [3.05, 3.63) is 22.4 Å². The Hall–Kier alpha value is -1.58. The first kappa shape index (κ1) is 23.1. The van der Waals surface area contributed by atoms with Crippen LogP contribution >= 0.6 is 23.1 Å². The molecule has 2 heterocycles. The van der Waals surface area contributed by atoms with Crippen molar-refractivity contribution in [3.63, 3.8) is 0 Å². The zero-order valence-electron chi connectivity index (χ0n) is 17.0. The maximum absolute atomic E-state index is 13.1. The highest BCUT2D eigenvalue weighted by atomic mass is 32.2. The molecule has 0 aromatic carbocycles. The number of carboxylic acid groups (broad SMARTS) is 2. The van der Waals surface area contributed by atoms with Gasteiger partial charge in [-0.05, 0) is 30.2 Å². The third-order valence-corrected chi connectivity index (χ3v) is 8.40. The van der Waals surface area contributed by atoms with Crippen molar-refractivity contribution in [2.75, 3.05) is 18.8 Å². The number of nitrogens with zero attached hydrogens (tertiary/aromatic N) is 1. The molecule has 1 aromatic rings. The van der Waals surface area contributed by atoms with Crippen LogP contribution in [0.5, 0.6) is 0 Å². The minimum Gasteiger partial charge on any atom is -0.480 e. The lowest BCUT2D eigenvalue weighted by Gasteiger charge is -2.27. The van der Waals surface area contributed by atoms with Crippen molar-refractivity contribution in [1.82, 2.24) is 10.2 Å². The van der Waals surface area contributed by atoms with Gasteiger partial charge in [0.05, 0.1) is 11.3 Å². The average Bonchev–Trinajstić information content (AvgIpc) is 3.21. The molecule has 3 N–H and O–H groups in total. The lowest BCUT2D eigenvalue weighted by atomic mass is 9.85. The highest BCUT2D eigenvalue weighted by Gasteiger charge is 2.35. The Labute approximate surface area is 185 Å². The van der Waals surface area contributed by atoms with Gasteiger partial charge in [-0.1, -0.05) is 38.2 Å². The molecule has 1 saturated heterocycles. The van der Waals surface area contributed by atoms with E-state index in [1.165, 1.54) is 24.2 Å². The number of hydrogen-bond acceptors (Lipinski definition) is 6. The van der Waals surface area contributed by atoms with Crippen LogP contribution < -0.4 is 5.32 Å². The number of amides is 1. The zero-order valence-corrected chi connectivity index (χ0v) is 18.6. The van der Waals surface area contributed by atoms with E-state index in [0.717, 1.165) is 24.1 Å². The number of carbonyl (C=O) groups excluding carboxylic acids is 1. The van der Waals surface area contributed by atoms with Gasteiger partial charge in [0.25, 0.3) is 0 Å². The first-order valence-electron chi connectivity index (χ1n) is 10.6. The van der Waals surface area contributed by atoms with Gasteiger partial charge in [0.15, 0.2) is 0 Å². The second-order valence-corrected chi connectivity index (χ2v) is 10.4. The Kier molecular flexibility index (Phi) is 8.59. The molecule has 1 amide bonds. The Morgan fingerprint density at radius 1 is 1.23 bits per heavy atom. The molecular formula is C21H30N2O5S2. The molecule has 9 heteroatoms. The molecule has 166 valence electrons. The summed E-state index contributed by atoms with van der Waals surface area (Å²) in [5.74, 6) is -1.36. The lowest BCUT2D eigenvalue weighted by molar-refractivity contribution is -0.146. The molecular weight excluding hydrogens is 424 g/mol. The number of thiophene rings is 1. The monoisotopic (exact) mass is 454 g/mol. The third kappa shape index (κ3) is 6.46. The number of carbonyl (C=O) groups is 3. The number of hydrogen-bond donors (Lipinski definition) is 3. The molecule has 7 nitrogen and oxygen atoms in total. The minimum atomic E-state index is -1.06. The van der Waals surface area contributed by atoms with Gasteiger partial charge in [-0.25, -0.2) is 0 Å². The van der Waals surface area contributed by atoms with Gasteiger partial charge < -0.3 is 15.1 Å². The standard InChI is InChI=1S/C21H30N2O5S2/c24-19(25)12-23-11-18(17-7-4-10-29-17)30-13-16(20(23)26)22-15(21(27)28)9-8-14-5-2-1-3-6-14/h4,7,10,14-16,18,22H,1-3,5-6,8-9,11-13H2,(H,24,25)(H,27,28). The van der Waals surface area contributed by atoms with Crippen molar-refractivity contribution in [2.45, 2.75) is 62.3 Å². The van der Waals surface area contributed by atoms with E-state index < -0.39 is 24.0 Å². The molecule has 3 rings (SSSR count). The first-order valence-corrected chi connectivity index (χ1v) is 12.5. The fourth-order valence-corrected chi connectivity index (χ4v) is 6.58. The van der Waals surface area contributed by atoms with E-state index in [4.69, 9.17) is 0 Å². The molecule has 1 saturated carbocycles. The summed E-state index contributed by atoms with van der Waals surface area (Å²) >= 11 is 3.17. The summed E-state index contributed by atoms with van der Waals surface area (Å²) in [4.78, 5) is 38.7. The van der Waals surface area contributed by atoms with Crippen LogP contribution in [0.1, 0.15) is 55.1 Å². The van der Waals surface area contributed by atoms with Gasteiger partial charge in [-0.2, -0.15) is 0 Å². The highest BCUT2D eigenvalue weighted by Crippen LogP contribution is 2.36. The number of nitrogens with one attached hydrogen (secondary N) is 1. The molecule has 3 unspecified atom stereocenters. The van der Waals surface area contributed by atoms with E-state index in [2.05, 4.69) is 5.32 Å². The van der Waals surface area contributed by atoms with E-state index in [-0.39, 0.29) is 17.7 Å². The fourth-order valence-electron chi connectivity index (χ4n) is 4.32. The van der Waals surface area contributed by atoms with Crippen LogP contribution in [-0.2, 0) is 14.4 Å². The van der Waals surface area contributed by atoms with Crippen LogP contribution in [-0.4, -0.2) is 63.9 Å². The molecule has 30 heavy (non-hydrogen) atoms.